The van der Waals surface area contributed by atoms with Gasteiger partial charge in [0.05, 0.1) is 5.75 Å². The fourth-order valence-corrected chi connectivity index (χ4v) is 7.56. The largest absolute Gasteiger partial charge is 0.212 e. The second kappa shape index (κ2) is 5.68. The first kappa shape index (κ1) is 16.1. The van der Waals surface area contributed by atoms with Crippen molar-refractivity contribution >= 4 is 21.6 Å². The van der Waals surface area contributed by atoms with E-state index >= 15 is 0 Å². The van der Waals surface area contributed by atoms with Crippen LogP contribution in [0.5, 0.6) is 0 Å². The fraction of sp³-hybridized carbons (Fsp3) is 1.00. The summed E-state index contributed by atoms with van der Waals surface area (Å²) in [5.74, 6) is 3.10. The van der Waals surface area contributed by atoms with Crippen LogP contribution in [0.3, 0.4) is 0 Å². The third kappa shape index (κ3) is 3.28. The van der Waals surface area contributed by atoms with Crippen LogP contribution < -0.4 is 4.72 Å². The molecule has 4 rings (SSSR count). The molecule has 0 aliphatic heterocycles. The van der Waals surface area contributed by atoms with Gasteiger partial charge in [-0.3, -0.25) is 0 Å². The molecule has 0 aromatic carbocycles. The summed E-state index contributed by atoms with van der Waals surface area (Å²) in [6, 6.07) is 0.0680. The van der Waals surface area contributed by atoms with Crippen LogP contribution in [-0.4, -0.2) is 26.1 Å². The third-order valence-electron chi connectivity index (χ3n) is 6.13. The lowest BCUT2D eigenvalue weighted by atomic mass is 9.48. The Morgan fingerprint density at radius 2 is 1.57 bits per heavy atom. The van der Waals surface area contributed by atoms with Gasteiger partial charge in [0.25, 0.3) is 0 Å². The minimum Gasteiger partial charge on any atom is -0.212 e. The van der Waals surface area contributed by atoms with E-state index in [1.807, 2.05) is 6.92 Å². The number of nitrogens with one attached hydrogen (secondary N) is 1. The first-order valence-electron chi connectivity index (χ1n) is 8.38. The van der Waals surface area contributed by atoms with Gasteiger partial charge in [0.1, 0.15) is 0 Å². The number of halogens is 1. The molecule has 5 heteroatoms. The molecule has 0 spiro atoms. The summed E-state index contributed by atoms with van der Waals surface area (Å²) >= 11 is 5.76. The molecule has 0 saturated heterocycles. The van der Waals surface area contributed by atoms with Gasteiger partial charge in [-0.15, -0.1) is 11.6 Å². The first-order valence-corrected chi connectivity index (χ1v) is 10.6. The molecule has 0 amide bonds. The van der Waals surface area contributed by atoms with Crippen molar-refractivity contribution in [1.29, 1.82) is 0 Å². The maximum Gasteiger partial charge on any atom is 0.212 e. The van der Waals surface area contributed by atoms with Crippen LogP contribution in [0.1, 0.15) is 52.4 Å². The summed E-state index contributed by atoms with van der Waals surface area (Å²) in [6.45, 7) is 3.98. The highest BCUT2D eigenvalue weighted by molar-refractivity contribution is 7.89. The Hall–Kier alpha value is 0.200. The Kier molecular flexibility index (Phi) is 4.35. The molecule has 4 bridgehead atoms. The Morgan fingerprint density at radius 3 is 2.00 bits per heavy atom. The molecule has 4 aliphatic carbocycles. The Labute approximate surface area is 134 Å². The van der Waals surface area contributed by atoms with Gasteiger partial charge >= 0.3 is 0 Å². The molecular weight excluding hydrogens is 306 g/mol. The van der Waals surface area contributed by atoms with Crippen molar-refractivity contribution in [2.45, 2.75) is 58.4 Å². The third-order valence-corrected chi connectivity index (χ3v) is 8.38. The van der Waals surface area contributed by atoms with E-state index < -0.39 is 10.0 Å². The zero-order chi connectivity index (χ0) is 15.3. The van der Waals surface area contributed by atoms with Crippen molar-refractivity contribution in [2.24, 2.45) is 29.1 Å². The molecule has 4 fully saturated rings. The predicted octanol–water partition coefficient (Wildman–Crippen LogP) is 3.39. The topological polar surface area (TPSA) is 46.2 Å². The van der Waals surface area contributed by atoms with Gasteiger partial charge < -0.3 is 0 Å². The van der Waals surface area contributed by atoms with Gasteiger partial charge in [-0.1, -0.05) is 6.92 Å². The van der Waals surface area contributed by atoms with Crippen LogP contribution in [-0.2, 0) is 10.0 Å². The molecule has 1 N–H and O–H groups in total. The van der Waals surface area contributed by atoms with Crippen LogP contribution in [0.2, 0.25) is 0 Å². The zero-order valence-electron chi connectivity index (χ0n) is 13.1. The molecular formula is C16H28ClNO2S. The van der Waals surface area contributed by atoms with Crippen LogP contribution in [0.25, 0.3) is 0 Å². The van der Waals surface area contributed by atoms with E-state index in [-0.39, 0.29) is 23.1 Å². The fourth-order valence-electron chi connectivity index (χ4n) is 5.57. The van der Waals surface area contributed by atoms with E-state index in [4.69, 9.17) is 11.6 Å². The maximum absolute atomic E-state index is 12.3. The Morgan fingerprint density at radius 1 is 1.10 bits per heavy atom. The van der Waals surface area contributed by atoms with Crippen molar-refractivity contribution in [3.63, 3.8) is 0 Å². The summed E-state index contributed by atoms with van der Waals surface area (Å²) in [5.41, 5.74) is 0.228. The lowest BCUT2D eigenvalue weighted by Gasteiger charge is -2.59. The molecule has 0 aromatic heterocycles. The van der Waals surface area contributed by atoms with E-state index in [0.717, 1.165) is 17.8 Å². The number of rotatable bonds is 6. The SMILES string of the molecule is CC(CCl)CS(=O)(=O)NC(C)C12CC3CC(CC(C3)C1)C2. The molecule has 2 atom stereocenters. The minimum atomic E-state index is -3.22. The molecule has 122 valence electrons. The number of sulfonamides is 1. The highest BCUT2D eigenvalue weighted by Gasteiger charge is 2.53. The average molecular weight is 334 g/mol. The minimum absolute atomic E-state index is 0.00716. The highest BCUT2D eigenvalue weighted by atomic mass is 35.5. The van der Waals surface area contributed by atoms with E-state index in [2.05, 4.69) is 11.6 Å². The summed E-state index contributed by atoms with van der Waals surface area (Å²) in [4.78, 5) is 0. The normalized spacial score (nSPS) is 41.2. The van der Waals surface area contributed by atoms with E-state index in [1.54, 1.807) is 0 Å². The molecule has 4 saturated carbocycles. The average Bonchev–Trinajstić information content (AvgIpc) is 2.35. The van der Waals surface area contributed by atoms with Gasteiger partial charge in [0.15, 0.2) is 0 Å². The summed E-state index contributed by atoms with van der Waals surface area (Å²) in [7, 11) is -3.22. The van der Waals surface area contributed by atoms with Crippen molar-refractivity contribution in [1.82, 2.24) is 4.72 Å². The van der Waals surface area contributed by atoms with Gasteiger partial charge in [-0.2, -0.15) is 0 Å². The Bertz CT molecular complexity index is 455. The number of hydrogen-bond donors (Lipinski definition) is 1. The zero-order valence-corrected chi connectivity index (χ0v) is 14.7. The van der Waals surface area contributed by atoms with Crippen molar-refractivity contribution in [3.05, 3.63) is 0 Å². The van der Waals surface area contributed by atoms with Crippen LogP contribution in [0.4, 0.5) is 0 Å². The van der Waals surface area contributed by atoms with E-state index in [9.17, 15) is 8.42 Å². The van der Waals surface area contributed by atoms with Crippen molar-refractivity contribution in [3.8, 4) is 0 Å². The lowest BCUT2D eigenvalue weighted by molar-refractivity contribution is -0.0666. The number of alkyl halides is 1. The summed E-state index contributed by atoms with van der Waals surface area (Å²) in [5, 5.41) is 0. The summed E-state index contributed by atoms with van der Waals surface area (Å²) in [6.07, 6.45) is 7.86. The van der Waals surface area contributed by atoms with Crippen molar-refractivity contribution < 1.29 is 8.42 Å². The monoisotopic (exact) mass is 333 g/mol. The molecule has 3 nitrogen and oxygen atoms in total. The van der Waals surface area contributed by atoms with Crippen LogP contribution >= 0.6 is 11.6 Å². The van der Waals surface area contributed by atoms with Gasteiger partial charge in [-0.05, 0) is 74.5 Å². The predicted molar refractivity (Wildman–Crippen MR) is 86.9 cm³/mol. The van der Waals surface area contributed by atoms with Gasteiger partial charge in [-0.25, -0.2) is 13.1 Å². The van der Waals surface area contributed by atoms with Crippen LogP contribution in [0.15, 0.2) is 0 Å². The number of hydrogen-bond acceptors (Lipinski definition) is 2. The highest BCUT2D eigenvalue weighted by Crippen LogP contribution is 2.61. The van der Waals surface area contributed by atoms with E-state index in [1.165, 1.54) is 38.5 Å². The molecule has 0 aromatic rings. The molecule has 0 heterocycles. The molecule has 21 heavy (non-hydrogen) atoms. The Balaban J connectivity index is 1.69. The quantitative estimate of drug-likeness (QED) is 0.757. The van der Waals surface area contributed by atoms with Crippen molar-refractivity contribution in [2.75, 3.05) is 11.6 Å². The maximum atomic E-state index is 12.3. The molecule has 4 aliphatic rings. The standard InChI is InChI=1S/C16H28ClNO2S/c1-11(9-17)10-21(19,20)18-12(2)16-6-13-3-14(7-16)5-15(4-13)8-16/h11-15,18H,3-10H2,1-2H3. The van der Waals surface area contributed by atoms with Crippen LogP contribution in [0, 0.1) is 29.1 Å². The first-order chi connectivity index (χ1) is 9.82. The second-order valence-corrected chi connectivity index (χ2v) is 10.3. The summed E-state index contributed by atoms with van der Waals surface area (Å²) < 4.78 is 27.7. The molecule has 2 unspecified atom stereocenters. The van der Waals surface area contributed by atoms with Gasteiger partial charge in [0.2, 0.25) is 10.0 Å². The lowest BCUT2D eigenvalue weighted by Crippen LogP contribution is -2.56. The molecule has 0 radical (unpaired) electrons. The van der Waals surface area contributed by atoms with E-state index in [0.29, 0.717) is 5.88 Å². The second-order valence-electron chi connectivity index (χ2n) is 8.16. The smallest absolute Gasteiger partial charge is 0.212 e. The van der Waals surface area contributed by atoms with Gasteiger partial charge in [0, 0.05) is 11.9 Å².